The van der Waals surface area contributed by atoms with Crippen molar-refractivity contribution in [1.82, 2.24) is 9.97 Å². The number of nitrogens with zero attached hydrogens (tertiary/aromatic N) is 3. The molecule has 2 aromatic heterocycles. The highest BCUT2D eigenvalue weighted by Crippen LogP contribution is 2.32. The second-order valence-corrected chi connectivity index (χ2v) is 6.71. The second-order valence-electron chi connectivity index (χ2n) is 5.70. The van der Waals surface area contributed by atoms with Crippen LogP contribution in [-0.2, 0) is 0 Å². The topological polar surface area (TPSA) is 38.2 Å². The van der Waals surface area contributed by atoms with Crippen LogP contribution >= 0.6 is 11.3 Å². The van der Waals surface area contributed by atoms with Gasteiger partial charge < -0.3 is 9.64 Å². The zero-order valence-corrected chi connectivity index (χ0v) is 13.3. The summed E-state index contributed by atoms with van der Waals surface area (Å²) in [6.45, 7) is 2.58. The van der Waals surface area contributed by atoms with E-state index in [1.165, 1.54) is 6.07 Å². The average Bonchev–Trinajstić information content (AvgIpc) is 3.20. The van der Waals surface area contributed by atoms with Crippen molar-refractivity contribution in [3.63, 3.8) is 0 Å². The minimum atomic E-state index is -0.210. The molecule has 4 nitrogen and oxygen atoms in total. The molecular formula is C17H16FN3OS. The minimum absolute atomic E-state index is 0.210. The van der Waals surface area contributed by atoms with Crippen molar-refractivity contribution in [3.8, 4) is 5.75 Å². The lowest BCUT2D eigenvalue weighted by Crippen LogP contribution is -2.21. The van der Waals surface area contributed by atoms with Crippen molar-refractivity contribution in [3.05, 3.63) is 48.5 Å². The summed E-state index contributed by atoms with van der Waals surface area (Å²) in [5.74, 6) is 1.12. The van der Waals surface area contributed by atoms with Crippen LogP contribution in [0.25, 0.3) is 10.2 Å². The van der Waals surface area contributed by atoms with Gasteiger partial charge in [0, 0.05) is 31.4 Å². The van der Waals surface area contributed by atoms with Gasteiger partial charge in [0.1, 0.15) is 11.6 Å². The third-order valence-corrected chi connectivity index (χ3v) is 5.11. The van der Waals surface area contributed by atoms with Gasteiger partial charge in [-0.2, -0.15) is 0 Å². The number of pyridine rings is 1. The molecule has 0 radical (unpaired) electrons. The fourth-order valence-corrected chi connectivity index (χ4v) is 3.84. The molecule has 0 saturated carbocycles. The summed E-state index contributed by atoms with van der Waals surface area (Å²) in [4.78, 5) is 10.9. The molecule has 1 fully saturated rings. The lowest BCUT2D eigenvalue weighted by atomic mass is 10.1. The lowest BCUT2D eigenvalue weighted by Gasteiger charge is -2.15. The number of thiazole rings is 1. The number of ether oxygens (including phenoxy) is 1. The fourth-order valence-electron chi connectivity index (χ4n) is 2.81. The SMILES string of the molecule is Fc1ccc2nc(N3CCC(COc4ccncc4)C3)sc2c1. The molecule has 1 atom stereocenters. The van der Waals surface area contributed by atoms with E-state index in [1.54, 1.807) is 35.9 Å². The molecule has 1 aliphatic heterocycles. The Morgan fingerprint density at radius 1 is 1.26 bits per heavy atom. The van der Waals surface area contributed by atoms with Crippen LogP contribution in [0, 0.1) is 11.7 Å². The van der Waals surface area contributed by atoms with Crippen molar-refractivity contribution in [2.75, 3.05) is 24.6 Å². The normalized spacial score (nSPS) is 17.8. The smallest absolute Gasteiger partial charge is 0.186 e. The minimum Gasteiger partial charge on any atom is -0.493 e. The fraction of sp³-hybridized carbons (Fsp3) is 0.294. The molecule has 118 valence electrons. The molecule has 1 saturated heterocycles. The zero-order valence-electron chi connectivity index (χ0n) is 12.5. The average molecular weight is 329 g/mol. The van der Waals surface area contributed by atoms with Crippen LogP contribution in [0.2, 0.25) is 0 Å². The molecule has 0 aliphatic carbocycles. The number of benzene rings is 1. The second kappa shape index (κ2) is 6.12. The largest absolute Gasteiger partial charge is 0.493 e. The van der Waals surface area contributed by atoms with Gasteiger partial charge in [-0.1, -0.05) is 11.3 Å². The molecule has 1 unspecified atom stereocenters. The van der Waals surface area contributed by atoms with E-state index >= 15 is 0 Å². The van der Waals surface area contributed by atoms with Gasteiger partial charge in [-0.05, 0) is 36.8 Å². The van der Waals surface area contributed by atoms with Gasteiger partial charge >= 0.3 is 0 Å². The summed E-state index contributed by atoms with van der Waals surface area (Å²) in [7, 11) is 0. The third-order valence-electron chi connectivity index (χ3n) is 4.03. The van der Waals surface area contributed by atoms with Gasteiger partial charge in [-0.25, -0.2) is 9.37 Å². The van der Waals surface area contributed by atoms with E-state index < -0.39 is 0 Å². The summed E-state index contributed by atoms with van der Waals surface area (Å²) in [5.41, 5.74) is 0.864. The van der Waals surface area contributed by atoms with Gasteiger partial charge in [0.2, 0.25) is 0 Å². The number of anilines is 1. The van der Waals surface area contributed by atoms with E-state index in [0.717, 1.165) is 40.6 Å². The highest BCUT2D eigenvalue weighted by Gasteiger charge is 2.25. The number of rotatable bonds is 4. The Balaban J connectivity index is 1.41. The van der Waals surface area contributed by atoms with Gasteiger partial charge in [0.05, 0.1) is 16.8 Å². The summed E-state index contributed by atoms with van der Waals surface area (Å²) < 4.78 is 20.0. The summed E-state index contributed by atoms with van der Waals surface area (Å²) >= 11 is 1.55. The van der Waals surface area contributed by atoms with E-state index in [-0.39, 0.29) is 5.82 Å². The van der Waals surface area contributed by atoms with Crippen LogP contribution in [0.1, 0.15) is 6.42 Å². The molecule has 3 aromatic rings. The van der Waals surface area contributed by atoms with Crippen LogP contribution in [0.4, 0.5) is 9.52 Å². The quantitative estimate of drug-likeness (QED) is 0.731. The van der Waals surface area contributed by atoms with Crippen molar-refractivity contribution >= 4 is 26.7 Å². The molecular weight excluding hydrogens is 313 g/mol. The summed E-state index contributed by atoms with van der Waals surface area (Å²) in [6, 6.07) is 8.49. The molecule has 0 amide bonds. The van der Waals surface area contributed by atoms with Crippen molar-refractivity contribution < 1.29 is 9.13 Å². The summed E-state index contributed by atoms with van der Waals surface area (Å²) in [5, 5.41) is 0.969. The molecule has 23 heavy (non-hydrogen) atoms. The standard InChI is InChI=1S/C17H16FN3OS/c18-13-1-2-15-16(9-13)23-17(20-15)21-8-5-12(10-21)11-22-14-3-6-19-7-4-14/h1-4,6-7,9,12H,5,8,10-11H2. The Hall–Kier alpha value is -2.21. The molecule has 3 heterocycles. The number of halogens is 1. The van der Waals surface area contributed by atoms with Gasteiger partial charge in [0.15, 0.2) is 5.13 Å². The highest BCUT2D eigenvalue weighted by molar-refractivity contribution is 7.22. The van der Waals surface area contributed by atoms with E-state index in [2.05, 4.69) is 14.9 Å². The monoisotopic (exact) mass is 329 g/mol. The van der Waals surface area contributed by atoms with E-state index in [1.807, 2.05) is 12.1 Å². The lowest BCUT2D eigenvalue weighted by molar-refractivity contribution is 0.261. The number of fused-ring (bicyclic) bond motifs is 1. The van der Waals surface area contributed by atoms with Crippen LogP contribution in [0.3, 0.4) is 0 Å². The maximum absolute atomic E-state index is 13.3. The maximum atomic E-state index is 13.3. The first-order valence-electron chi connectivity index (χ1n) is 7.62. The van der Waals surface area contributed by atoms with Crippen LogP contribution in [-0.4, -0.2) is 29.7 Å². The molecule has 4 rings (SSSR count). The predicted octanol–water partition coefficient (Wildman–Crippen LogP) is 3.74. The Labute approximate surface area is 137 Å². The first-order chi connectivity index (χ1) is 11.3. The number of hydrogen-bond acceptors (Lipinski definition) is 5. The Morgan fingerprint density at radius 3 is 3.00 bits per heavy atom. The first-order valence-corrected chi connectivity index (χ1v) is 8.43. The van der Waals surface area contributed by atoms with Gasteiger partial charge in [-0.3, -0.25) is 4.98 Å². The van der Waals surface area contributed by atoms with Crippen molar-refractivity contribution in [2.24, 2.45) is 5.92 Å². The van der Waals surface area contributed by atoms with Gasteiger partial charge in [-0.15, -0.1) is 0 Å². The van der Waals surface area contributed by atoms with Gasteiger partial charge in [0.25, 0.3) is 0 Å². The van der Waals surface area contributed by atoms with Crippen molar-refractivity contribution in [1.29, 1.82) is 0 Å². The molecule has 1 aromatic carbocycles. The molecule has 1 aliphatic rings. The van der Waals surface area contributed by atoms with Crippen molar-refractivity contribution in [2.45, 2.75) is 6.42 Å². The first kappa shape index (κ1) is 14.4. The van der Waals surface area contributed by atoms with E-state index in [4.69, 9.17) is 4.74 Å². The predicted molar refractivity (Wildman–Crippen MR) is 89.6 cm³/mol. The van der Waals surface area contributed by atoms with Crippen LogP contribution in [0.5, 0.6) is 5.75 Å². The Bertz CT molecular complexity index is 808. The van der Waals surface area contributed by atoms with Crippen LogP contribution in [0.15, 0.2) is 42.7 Å². The third kappa shape index (κ3) is 3.12. The van der Waals surface area contributed by atoms with E-state index in [0.29, 0.717) is 12.5 Å². The van der Waals surface area contributed by atoms with Crippen LogP contribution < -0.4 is 9.64 Å². The molecule has 0 bridgehead atoms. The Morgan fingerprint density at radius 2 is 2.13 bits per heavy atom. The maximum Gasteiger partial charge on any atom is 0.186 e. The molecule has 0 spiro atoms. The molecule has 0 N–H and O–H groups in total. The highest BCUT2D eigenvalue weighted by atomic mass is 32.1. The molecule has 6 heteroatoms. The Kier molecular flexibility index (Phi) is 3.83. The zero-order chi connectivity index (χ0) is 15.6. The number of aromatic nitrogens is 2. The summed E-state index contributed by atoms with van der Waals surface area (Å²) in [6.07, 6.45) is 4.54. The number of hydrogen-bond donors (Lipinski definition) is 0. The van der Waals surface area contributed by atoms with E-state index in [9.17, 15) is 4.39 Å².